The highest BCUT2D eigenvalue weighted by Gasteiger charge is 2.48. The summed E-state index contributed by atoms with van der Waals surface area (Å²) in [5, 5.41) is 0. The molecular weight excluding hydrogens is 898 g/mol. The van der Waals surface area contributed by atoms with Crippen molar-refractivity contribution in [2.24, 2.45) is 14.1 Å². The average molecular weight is 919 g/mol. The Balaban J connectivity index is 0. The van der Waals surface area contributed by atoms with Crippen LogP contribution in [-0.4, -0.2) is 77.2 Å². The van der Waals surface area contributed by atoms with Gasteiger partial charge < -0.3 is 8.25 Å². The van der Waals surface area contributed by atoms with Gasteiger partial charge in [0.2, 0.25) is 12.7 Å². The van der Waals surface area contributed by atoms with Gasteiger partial charge in [0.15, 0.2) is 40.1 Å². The largest absolute Gasteiger partial charge is 0.480 e. The first-order chi connectivity index (χ1) is 23.4. The third-order valence-corrected chi connectivity index (χ3v) is 10.00. The molecule has 320 valence electrons. The maximum absolute atomic E-state index is 11.7. The van der Waals surface area contributed by atoms with E-state index in [1.807, 2.05) is 0 Å². The molecule has 0 spiro atoms. The molecule has 2 heterocycles. The van der Waals surface area contributed by atoms with Crippen molar-refractivity contribution in [3.63, 3.8) is 0 Å². The van der Waals surface area contributed by atoms with Crippen LogP contribution in [0.1, 0.15) is 12.8 Å². The van der Waals surface area contributed by atoms with Crippen LogP contribution < -0.4 is 9.13 Å². The van der Waals surface area contributed by atoms with E-state index >= 15 is 0 Å². The highest BCUT2D eigenvalue weighted by Crippen LogP contribution is 2.37. The monoisotopic (exact) mass is 918 g/mol. The summed E-state index contributed by atoms with van der Waals surface area (Å²) in [5.41, 5.74) is -24.8. The standard InChI is InChI=1S/2C7H10F3N2.2C2F6NO4S2/c2*1-11-4-5-12(6-11)3-2-7(8,9)10;2*3-1(4,5)14(10,11)9-15(12,13)2(6,7)8/h2*4-6H,2-3H2,1H3;;/q2*+1;2*-1. The summed E-state index contributed by atoms with van der Waals surface area (Å²) in [6.45, 7) is -0.0192. The Morgan fingerprint density at radius 1 is 0.444 bits per heavy atom. The SMILES string of the molecule is C[n+]1ccn(CCC(F)(F)F)c1.C[n+]1ccn(CCC(F)(F)F)c1.O=S(=O)([N-]S(=O)(=O)C(F)(F)F)C(F)(F)F.O=S(=O)([N-]S(=O)(=O)C(F)(F)F)C(F)(F)F. The lowest BCUT2D eigenvalue weighted by molar-refractivity contribution is -0.671. The third kappa shape index (κ3) is 20.0. The van der Waals surface area contributed by atoms with Crippen molar-refractivity contribution in [2.45, 2.75) is 60.3 Å². The van der Waals surface area contributed by atoms with Crippen LogP contribution in [0.2, 0.25) is 0 Å². The lowest BCUT2D eigenvalue weighted by atomic mass is 10.4. The van der Waals surface area contributed by atoms with E-state index in [0.29, 0.717) is 0 Å². The van der Waals surface area contributed by atoms with Gasteiger partial charge >= 0.3 is 34.4 Å². The van der Waals surface area contributed by atoms with Crippen LogP contribution in [0.5, 0.6) is 0 Å². The van der Waals surface area contributed by atoms with Gasteiger partial charge in [-0.3, -0.25) is 0 Å². The summed E-state index contributed by atoms with van der Waals surface area (Å²) in [7, 11) is -23.4. The Morgan fingerprint density at radius 3 is 0.778 bits per heavy atom. The number of sulfonamides is 4. The molecule has 0 aromatic carbocycles. The molecule has 0 aliphatic carbocycles. The molecule has 36 heteroatoms. The van der Waals surface area contributed by atoms with Crippen molar-refractivity contribution in [1.82, 2.24) is 9.13 Å². The predicted octanol–water partition coefficient (Wildman–Crippen LogP) is 4.65. The van der Waals surface area contributed by atoms with Gasteiger partial charge in [0.05, 0.1) is 40.0 Å². The van der Waals surface area contributed by atoms with Crippen LogP contribution in [0.4, 0.5) is 79.0 Å². The van der Waals surface area contributed by atoms with Crippen molar-refractivity contribution in [1.29, 1.82) is 0 Å². The van der Waals surface area contributed by atoms with E-state index in [4.69, 9.17) is 0 Å². The van der Waals surface area contributed by atoms with Crippen molar-refractivity contribution < 1.29 is 122 Å². The Labute approximate surface area is 291 Å². The number of rotatable bonds is 8. The van der Waals surface area contributed by atoms with E-state index < -0.39 is 87.3 Å². The number of alkyl halides is 18. The summed E-state index contributed by atoms with van der Waals surface area (Å²) in [4.78, 5) is 0. The lowest BCUT2D eigenvalue weighted by Gasteiger charge is -2.22. The first kappa shape index (κ1) is 53.0. The molecule has 2 rings (SSSR count). The minimum atomic E-state index is -6.72. The van der Waals surface area contributed by atoms with Crippen LogP contribution in [0.3, 0.4) is 0 Å². The maximum atomic E-state index is 11.7. The fraction of sp³-hybridized carbons (Fsp3) is 0.667. The molecule has 0 amide bonds. The van der Waals surface area contributed by atoms with Gasteiger partial charge in [0.25, 0.3) is 0 Å². The van der Waals surface area contributed by atoms with Crippen LogP contribution in [0.15, 0.2) is 37.4 Å². The highest BCUT2D eigenvalue weighted by molar-refractivity contribution is 8.13. The molecule has 0 saturated heterocycles. The molecule has 0 fully saturated rings. The Morgan fingerprint density at radius 2 is 0.648 bits per heavy atom. The molecule has 0 aliphatic rings. The maximum Gasteiger partial charge on any atom is 0.480 e. The quantitative estimate of drug-likeness (QED) is 0.271. The normalized spacial score (nSPS) is 13.9. The smallest absolute Gasteiger partial charge is 0.421 e. The number of nitrogens with zero attached hydrogens (tertiary/aromatic N) is 6. The second-order valence-corrected chi connectivity index (χ2v) is 16.0. The first-order valence-electron chi connectivity index (χ1n) is 12.2. The first-order valence-corrected chi connectivity index (χ1v) is 18.0. The summed E-state index contributed by atoms with van der Waals surface area (Å²) in [6.07, 6.45) is 0.191. The zero-order valence-electron chi connectivity index (χ0n) is 25.7. The fourth-order valence-electron chi connectivity index (χ4n) is 2.21. The lowest BCUT2D eigenvalue weighted by Crippen LogP contribution is -2.30. The molecule has 0 atom stereocenters. The molecule has 0 saturated carbocycles. The second-order valence-electron chi connectivity index (χ2n) is 9.20. The molecule has 0 aliphatic heterocycles. The number of aromatic nitrogens is 4. The highest BCUT2D eigenvalue weighted by atomic mass is 32.3. The minimum absolute atomic E-state index is 0.00958. The van der Waals surface area contributed by atoms with Crippen LogP contribution in [0.25, 0.3) is 8.25 Å². The van der Waals surface area contributed by atoms with E-state index in [1.54, 1.807) is 60.7 Å². The third-order valence-electron chi connectivity index (χ3n) is 4.52. The number of halogens is 18. The molecule has 0 N–H and O–H groups in total. The van der Waals surface area contributed by atoms with Gasteiger partial charge in [-0.15, -0.1) is 0 Å². The molecule has 54 heavy (non-hydrogen) atoms. The van der Waals surface area contributed by atoms with Crippen molar-refractivity contribution in [2.75, 3.05) is 0 Å². The molecular formula is C18H20F18N6O8S4. The summed E-state index contributed by atoms with van der Waals surface area (Å²) >= 11 is 0. The van der Waals surface area contributed by atoms with Gasteiger partial charge in [0.1, 0.15) is 24.8 Å². The number of aryl methyl sites for hydroxylation is 4. The van der Waals surface area contributed by atoms with Gasteiger partial charge in [-0.05, 0) is 0 Å². The number of hydrogen-bond acceptors (Lipinski definition) is 8. The van der Waals surface area contributed by atoms with Gasteiger partial charge in [-0.25, -0.2) is 51.9 Å². The summed E-state index contributed by atoms with van der Waals surface area (Å²) in [6, 6.07) is 0. The van der Waals surface area contributed by atoms with Crippen LogP contribution >= 0.6 is 0 Å². The van der Waals surface area contributed by atoms with Crippen LogP contribution in [0, 0.1) is 0 Å². The average Bonchev–Trinajstić information content (AvgIpc) is 3.50. The molecule has 0 radical (unpaired) electrons. The molecule has 2 aromatic heterocycles. The predicted molar refractivity (Wildman–Crippen MR) is 139 cm³/mol. The van der Waals surface area contributed by atoms with Crippen LogP contribution in [-0.2, 0) is 67.3 Å². The van der Waals surface area contributed by atoms with E-state index in [0.717, 1.165) is 8.25 Å². The summed E-state index contributed by atoms with van der Waals surface area (Å²) < 4.78 is 295. The number of hydrogen-bond donors (Lipinski definition) is 0. The van der Waals surface area contributed by atoms with Crippen molar-refractivity contribution in [3.05, 3.63) is 45.7 Å². The van der Waals surface area contributed by atoms with Crippen molar-refractivity contribution in [3.8, 4) is 0 Å². The Hall–Kier alpha value is -3.12. The van der Waals surface area contributed by atoms with E-state index in [1.165, 1.54) is 9.13 Å². The molecule has 0 bridgehead atoms. The van der Waals surface area contributed by atoms with E-state index in [2.05, 4.69) is 0 Å². The van der Waals surface area contributed by atoms with Crippen molar-refractivity contribution >= 4 is 40.1 Å². The Bertz CT molecular complexity index is 1700. The zero-order chi connectivity index (χ0) is 43.8. The minimum Gasteiger partial charge on any atom is -0.421 e. The second kappa shape index (κ2) is 18.2. The molecule has 2 aromatic rings. The zero-order valence-corrected chi connectivity index (χ0v) is 28.9. The topological polar surface area (TPSA) is 182 Å². The number of imidazole rings is 2. The fourth-order valence-corrected chi connectivity index (χ4v) is 5.63. The summed E-state index contributed by atoms with van der Waals surface area (Å²) in [5.74, 6) is 0. The van der Waals surface area contributed by atoms with Gasteiger partial charge in [-0.2, -0.15) is 79.0 Å². The van der Waals surface area contributed by atoms with Gasteiger partial charge in [0, 0.05) is 0 Å². The van der Waals surface area contributed by atoms with E-state index in [9.17, 15) is 113 Å². The Kier molecular flexibility index (Phi) is 17.9. The molecule has 0 unspecified atom stereocenters. The molecule has 14 nitrogen and oxygen atoms in total. The van der Waals surface area contributed by atoms with E-state index in [-0.39, 0.29) is 13.1 Å². The van der Waals surface area contributed by atoms with Gasteiger partial charge in [-0.1, -0.05) is 0 Å².